The number of nitrogens with one attached hydrogen (secondary N) is 2. The number of piperazine rings is 1. The summed E-state index contributed by atoms with van der Waals surface area (Å²) in [6.45, 7) is 7.63. The smallest absolute Gasteiger partial charge is 0.351 e. The molecule has 2 aliphatic heterocycles. The number of aliphatic hydroxyl groups is 2. The van der Waals surface area contributed by atoms with Gasteiger partial charge in [0.25, 0.3) is 5.91 Å². The van der Waals surface area contributed by atoms with Crippen molar-refractivity contribution in [2.75, 3.05) is 38.1 Å². The number of benzene rings is 3. The fourth-order valence-electron chi connectivity index (χ4n) is 7.05. The van der Waals surface area contributed by atoms with E-state index in [0.29, 0.717) is 40.0 Å². The Morgan fingerprint density at radius 1 is 0.947 bits per heavy atom. The molecule has 0 spiro atoms. The molecule has 3 unspecified atom stereocenters. The van der Waals surface area contributed by atoms with Gasteiger partial charge in [0.05, 0.1) is 17.9 Å². The maximum Gasteiger partial charge on any atom is 0.351 e. The molecule has 2 aromatic heterocycles. The van der Waals surface area contributed by atoms with E-state index in [4.69, 9.17) is 4.74 Å². The highest BCUT2D eigenvalue weighted by atomic mass is 19.3. The molecule has 0 radical (unpaired) electrons. The van der Waals surface area contributed by atoms with Gasteiger partial charge >= 0.3 is 17.3 Å². The Bertz CT molecular complexity index is 2360. The predicted molar refractivity (Wildman–Crippen MR) is 202 cm³/mol. The number of carbonyl (C=O) groups is 1. The van der Waals surface area contributed by atoms with Gasteiger partial charge < -0.3 is 30.5 Å². The number of hydrogen-bond donors (Lipinski definition) is 6. The highest BCUT2D eigenvalue weighted by molar-refractivity contribution is 6.03. The highest BCUT2D eigenvalue weighted by Gasteiger charge is 2.59. The van der Waals surface area contributed by atoms with Crippen molar-refractivity contribution in [2.45, 2.75) is 57.2 Å². The van der Waals surface area contributed by atoms with Crippen molar-refractivity contribution in [3.05, 3.63) is 116 Å². The molecule has 0 aliphatic carbocycles. The van der Waals surface area contributed by atoms with Gasteiger partial charge in [-0.05, 0) is 59.0 Å². The van der Waals surface area contributed by atoms with E-state index in [0.717, 1.165) is 49.6 Å². The van der Waals surface area contributed by atoms with Crippen molar-refractivity contribution in [3.8, 4) is 28.6 Å². The topological polar surface area (TPSA) is 211 Å². The van der Waals surface area contributed by atoms with Crippen LogP contribution in [0.5, 0.6) is 11.5 Å². The first-order chi connectivity index (χ1) is 27.2. The van der Waals surface area contributed by atoms with Crippen molar-refractivity contribution in [3.63, 3.8) is 0 Å². The Morgan fingerprint density at radius 3 is 2.12 bits per heavy atom. The lowest BCUT2D eigenvalue weighted by Gasteiger charge is -2.34. The first-order valence-corrected chi connectivity index (χ1v) is 18.3. The second-order valence-electron chi connectivity index (χ2n) is 14.5. The minimum atomic E-state index is -3.85. The summed E-state index contributed by atoms with van der Waals surface area (Å²) in [5.41, 5.74) is 2.28. The summed E-state index contributed by atoms with van der Waals surface area (Å²) in [6, 6.07) is 18.6. The zero-order valence-electron chi connectivity index (χ0n) is 31.0. The Kier molecular flexibility index (Phi) is 11.1. The maximum absolute atomic E-state index is 14.5. The van der Waals surface area contributed by atoms with E-state index < -0.39 is 48.3 Å². The van der Waals surface area contributed by atoms with E-state index in [1.165, 1.54) is 10.6 Å². The molecule has 4 heterocycles. The molecule has 3 aromatic carbocycles. The summed E-state index contributed by atoms with van der Waals surface area (Å²) in [4.78, 5) is 46.6. The summed E-state index contributed by atoms with van der Waals surface area (Å²) >= 11 is 0. The third kappa shape index (κ3) is 8.08. The number of carbonyl (C=O) groups excluding carboxylic acids is 1. The van der Waals surface area contributed by atoms with Crippen molar-refractivity contribution in [2.24, 2.45) is 0 Å². The van der Waals surface area contributed by atoms with Gasteiger partial charge in [-0.25, -0.2) is 19.3 Å². The number of nitrogens with zero attached hydrogens (tertiary/aromatic N) is 6. The Balaban J connectivity index is 0.908. The fourth-order valence-corrected chi connectivity index (χ4v) is 7.05. The SMILES string of the molecule is CC(C)c1cc(-c2n[nH]c(=O)n2-c2ccc(CN3CCN(Cc4ccc(C(=O)Nc5ccn(C6OC(CO)C(O)C6(F)F)c(=O)n5)cc4)CC3)cc2)c(O)cc1O. The summed E-state index contributed by atoms with van der Waals surface area (Å²) < 4.78 is 35.9. The van der Waals surface area contributed by atoms with E-state index in [-0.39, 0.29) is 29.1 Å². The van der Waals surface area contributed by atoms with Crippen molar-refractivity contribution in [1.82, 2.24) is 34.1 Å². The predicted octanol–water partition coefficient (Wildman–Crippen LogP) is 2.77. The van der Waals surface area contributed by atoms with Crippen LogP contribution in [0.3, 0.4) is 0 Å². The number of aliphatic hydroxyl groups excluding tert-OH is 2. The Hall–Kier alpha value is -5.79. The summed E-state index contributed by atoms with van der Waals surface area (Å²) in [6.07, 6.45) is -5.07. The first kappa shape index (κ1) is 39.4. The summed E-state index contributed by atoms with van der Waals surface area (Å²) in [5, 5.41) is 49.0. The number of aromatic nitrogens is 5. The lowest BCUT2D eigenvalue weighted by Crippen LogP contribution is -2.45. The highest BCUT2D eigenvalue weighted by Crippen LogP contribution is 2.42. The van der Waals surface area contributed by atoms with Crippen LogP contribution in [0.25, 0.3) is 17.1 Å². The van der Waals surface area contributed by atoms with Crippen LogP contribution in [0.15, 0.2) is 82.5 Å². The van der Waals surface area contributed by atoms with E-state index in [1.807, 2.05) is 50.2 Å². The minimum absolute atomic E-state index is 0.0187. The van der Waals surface area contributed by atoms with Crippen LogP contribution < -0.4 is 16.7 Å². The maximum atomic E-state index is 14.5. The number of ether oxygens (including phenoxy) is 1. The van der Waals surface area contributed by atoms with Gasteiger partial charge in [0.2, 0.25) is 6.23 Å². The molecule has 2 fully saturated rings. The van der Waals surface area contributed by atoms with Gasteiger partial charge in [-0.2, -0.15) is 18.9 Å². The summed E-state index contributed by atoms with van der Waals surface area (Å²) in [7, 11) is 0. The molecular formula is C39H42F2N8O8. The largest absolute Gasteiger partial charge is 0.508 e. The molecule has 18 heteroatoms. The van der Waals surface area contributed by atoms with Crippen molar-refractivity contribution < 1.29 is 38.7 Å². The zero-order chi connectivity index (χ0) is 40.6. The lowest BCUT2D eigenvalue weighted by atomic mass is 9.98. The number of phenolic OH excluding ortho intramolecular Hbond substituents is 2. The molecule has 2 saturated heterocycles. The lowest BCUT2D eigenvalue weighted by molar-refractivity contribution is -0.140. The quantitative estimate of drug-likeness (QED) is 0.114. The number of amides is 1. The molecular weight excluding hydrogens is 746 g/mol. The monoisotopic (exact) mass is 788 g/mol. The van der Waals surface area contributed by atoms with Crippen LogP contribution in [-0.4, -0.2) is 111 Å². The van der Waals surface area contributed by atoms with Crippen LogP contribution in [0.2, 0.25) is 0 Å². The number of halogens is 2. The van der Waals surface area contributed by atoms with Crippen LogP contribution in [0.4, 0.5) is 14.6 Å². The molecule has 300 valence electrons. The van der Waals surface area contributed by atoms with E-state index >= 15 is 0 Å². The molecule has 0 bridgehead atoms. The molecule has 7 rings (SSSR count). The standard InChI is InChI=1S/C39H42F2N8O8/c1-22(2)27-17-28(30(52)18-29(27)51)34-44-45-38(56)49(34)26-9-5-24(6-10-26)20-47-15-13-46(14-16-47)19-23-3-7-25(8-4-23)35(54)42-32-11-12-48(37(55)43-32)36-39(40,41)33(53)31(21-50)57-36/h3-12,17-18,22,31,33,36,50-53H,13-16,19-21H2,1-2H3,(H,45,56)(H,42,43,54,55). The van der Waals surface area contributed by atoms with E-state index in [9.17, 15) is 43.6 Å². The van der Waals surface area contributed by atoms with Gasteiger partial charge in [0, 0.05) is 57.1 Å². The number of anilines is 1. The Labute approximate surface area is 324 Å². The normalized spacial score (nSPS) is 19.9. The second kappa shape index (κ2) is 16.0. The first-order valence-electron chi connectivity index (χ1n) is 18.3. The van der Waals surface area contributed by atoms with Gasteiger partial charge in [-0.1, -0.05) is 38.1 Å². The van der Waals surface area contributed by atoms with Gasteiger partial charge in [0.15, 0.2) is 11.9 Å². The van der Waals surface area contributed by atoms with E-state index in [2.05, 4.69) is 30.3 Å². The fraction of sp³-hybridized carbons (Fsp3) is 0.359. The molecule has 1 amide bonds. The average Bonchev–Trinajstić information content (AvgIpc) is 3.67. The number of rotatable bonds is 11. The number of hydrogen-bond acceptors (Lipinski definition) is 12. The van der Waals surface area contributed by atoms with Crippen LogP contribution in [0.1, 0.15) is 53.0 Å². The van der Waals surface area contributed by atoms with Crippen molar-refractivity contribution in [1.29, 1.82) is 0 Å². The minimum Gasteiger partial charge on any atom is -0.508 e. The third-order valence-electron chi connectivity index (χ3n) is 10.3. The van der Waals surface area contributed by atoms with Gasteiger partial charge in [-0.3, -0.25) is 19.2 Å². The van der Waals surface area contributed by atoms with Gasteiger partial charge in [-0.15, -0.1) is 0 Å². The van der Waals surface area contributed by atoms with Gasteiger partial charge in [0.1, 0.15) is 23.4 Å². The number of alkyl halides is 2. The molecule has 16 nitrogen and oxygen atoms in total. The average molecular weight is 789 g/mol. The Morgan fingerprint density at radius 2 is 1.56 bits per heavy atom. The molecule has 3 atom stereocenters. The van der Waals surface area contributed by atoms with Crippen molar-refractivity contribution >= 4 is 11.7 Å². The molecule has 0 saturated carbocycles. The number of aromatic amines is 1. The molecule has 6 N–H and O–H groups in total. The van der Waals surface area contributed by atoms with Crippen LogP contribution >= 0.6 is 0 Å². The zero-order valence-corrected chi connectivity index (χ0v) is 31.0. The van der Waals surface area contributed by atoms with Crippen LogP contribution in [0, 0.1) is 0 Å². The van der Waals surface area contributed by atoms with E-state index in [1.54, 1.807) is 18.2 Å². The number of aromatic hydroxyl groups is 2. The third-order valence-corrected chi connectivity index (χ3v) is 10.3. The van der Waals surface area contributed by atoms with Crippen LogP contribution in [-0.2, 0) is 17.8 Å². The summed E-state index contributed by atoms with van der Waals surface area (Å²) in [5.74, 6) is -4.57. The molecule has 5 aromatic rings. The molecule has 57 heavy (non-hydrogen) atoms. The second-order valence-corrected chi connectivity index (χ2v) is 14.5. The molecule has 2 aliphatic rings. The number of H-pyrrole nitrogens is 1. The number of phenols is 2.